The molecule has 0 radical (unpaired) electrons. The van der Waals surface area contributed by atoms with E-state index in [9.17, 15) is 13.2 Å². The van der Waals surface area contributed by atoms with Gasteiger partial charge >= 0.3 is 6.18 Å². The van der Waals surface area contributed by atoms with Crippen LogP contribution in [0.25, 0.3) is 0 Å². The van der Waals surface area contributed by atoms with Gasteiger partial charge in [0, 0.05) is 6.04 Å². The molecule has 2 aromatic rings. The molecule has 2 N–H and O–H groups in total. The van der Waals surface area contributed by atoms with Crippen LogP contribution < -0.4 is 5.73 Å². The lowest BCUT2D eigenvalue weighted by Crippen LogP contribution is -2.15. The summed E-state index contributed by atoms with van der Waals surface area (Å²) in [4.78, 5) is 0. The van der Waals surface area contributed by atoms with E-state index < -0.39 is 17.8 Å². The summed E-state index contributed by atoms with van der Waals surface area (Å²) in [6.07, 6.45) is -3.82. The molecule has 2 rings (SSSR count). The van der Waals surface area contributed by atoms with E-state index in [0.29, 0.717) is 12.0 Å². The molecule has 1 nitrogen and oxygen atoms in total. The number of halogens is 3. The van der Waals surface area contributed by atoms with E-state index in [-0.39, 0.29) is 0 Å². The molecule has 0 aliphatic rings. The van der Waals surface area contributed by atoms with E-state index >= 15 is 0 Å². The highest BCUT2D eigenvalue weighted by molar-refractivity contribution is 5.30. The Morgan fingerprint density at radius 2 is 1.75 bits per heavy atom. The van der Waals surface area contributed by atoms with Gasteiger partial charge in [-0.25, -0.2) is 0 Å². The molecule has 0 spiro atoms. The largest absolute Gasteiger partial charge is 0.416 e. The van der Waals surface area contributed by atoms with Crippen LogP contribution in [0.2, 0.25) is 0 Å². The second-order valence-electron chi connectivity index (χ2n) is 4.92. The standard InChI is InChI=1S/C16H16F3N/c1-11-4-2-5-12(8-11)9-15(20)13-6-3-7-14(10-13)16(17,18)19/h2-8,10,15H,9,20H2,1H3. The number of hydrogen-bond donors (Lipinski definition) is 1. The Morgan fingerprint density at radius 1 is 1.05 bits per heavy atom. The van der Waals surface area contributed by atoms with Crippen LogP contribution >= 0.6 is 0 Å². The number of benzene rings is 2. The van der Waals surface area contributed by atoms with Crippen LogP contribution in [-0.2, 0) is 12.6 Å². The van der Waals surface area contributed by atoms with Gasteiger partial charge in [0.05, 0.1) is 5.56 Å². The third-order valence-corrected chi connectivity index (χ3v) is 3.18. The first-order valence-corrected chi connectivity index (χ1v) is 6.34. The number of rotatable bonds is 3. The van der Waals surface area contributed by atoms with Gasteiger partial charge in [0.2, 0.25) is 0 Å². The Morgan fingerprint density at radius 3 is 2.40 bits per heavy atom. The predicted octanol–water partition coefficient (Wildman–Crippen LogP) is 4.26. The maximum Gasteiger partial charge on any atom is 0.416 e. The summed E-state index contributed by atoms with van der Waals surface area (Å²) < 4.78 is 38.0. The van der Waals surface area contributed by atoms with Gasteiger partial charge in [0.25, 0.3) is 0 Å². The SMILES string of the molecule is Cc1cccc(CC(N)c2cccc(C(F)(F)F)c2)c1. The summed E-state index contributed by atoms with van der Waals surface area (Å²) >= 11 is 0. The van der Waals surface area contributed by atoms with Crippen LogP contribution in [0.3, 0.4) is 0 Å². The van der Waals surface area contributed by atoms with Crippen molar-refractivity contribution in [3.63, 3.8) is 0 Å². The molecule has 0 aromatic heterocycles. The summed E-state index contributed by atoms with van der Waals surface area (Å²) in [5, 5.41) is 0. The second-order valence-corrected chi connectivity index (χ2v) is 4.92. The fraction of sp³-hybridized carbons (Fsp3) is 0.250. The number of alkyl halides is 3. The van der Waals surface area contributed by atoms with Crippen molar-refractivity contribution in [2.75, 3.05) is 0 Å². The van der Waals surface area contributed by atoms with Gasteiger partial charge in [-0.05, 0) is 36.6 Å². The molecule has 0 aliphatic heterocycles. The van der Waals surface area contributed by atoms with Crippen LogP contribution in [0.5, 0.6) is 0 Å². The monoisotopic (exact) mass is 279 g/mol. The molecule has 4 heteroatoms. The molecule has 2 aromatic carbocycles. The number of aryl methyl sites for hydroxylation is 1. The van der Waals surface area contributed by atoms with E-state index in [1.54, 1.807) is 6.07 Å². The molecular weight excluding hydrogens is 263 g/mol. The molecule has 106 valence electrons. The Bertz CT molecular complexity index is 590. The minimum Gasteiger partial charge on any atom is -0.324 e. The van der Waals surface area contributed by atoms with Gasteiger partial charge < -0.3 is 5.73 Å². The highest BCUT2D eigenvalue weighted by Crippen LogP contribution is 2.30. The van der Waals surface area contributed by atoms with E-state index in [2.05, 4.69) is 0 Å². The van der Waals surface area contributed by atoms with Crippen LogP contribution in [0, 0.1) is 6.92 Å². The molecule has 1 unspecified atom stereocenters. The van der Waals surface area contributed by atoms with Crippen molar-refractivity contribution in [3.8, 4) is 0 Å². The summed E-state index contributed by atoms with van der Waals surface area (Å²) in [6.45, 7) is 1.97. The van der Waals surface area contributed by atoms with Crippen molar-refractivity contribution < 1.29 is 13.2 Å². The van der Waals surface area contributed by atoms with Crippen LogP contribution in [0.1, 0.15) is 28.3 Å². The zero-order valence-corrected chi connectivity index (χ0v) is 11.1. The fourth-order valence-corrected chi connectivity index (χ4v) is 2.16. The third kappa shape index (κ3) is 3.61. The topological polar surface area (TPSA) is 26.0 Å². The third-order valence-electron chi connectivity index (χ3n) is 3.18. The van der Waals surface area contributed by atoms with Gasteiger partial charge in [-0.3, -0.25) is 0 Å². The number of hydrogen-bond acceptors (Lipinski definition) is 1. The Balaban J connectivity index is 2.19. The molecule has 0 bridgehead atoms. The minimum absolute atomic E-state index is 0.445. The number of nitrogens with two attached hydrogens (primary N) is 1. The molecular formula is C16H16F3N. The molecule has 1 atom stereocenters. The minimum atomic E-state index is -4.33. The fourth-order valence-electron chi connectivity index (χ4n) is 2.16. The van der Waals surface area contributed by atoms with Crippen LogP contribution in [0.4, 0.5) is 13.2 Å². The molecule has 0 heterocycles. The summed E-state index contributed by atoms with van der Waals surface area (Å²) in [5.41, 5.74) is 8.00. The van der Waals surface area contributed by atoms with Gasteiger partial charge in [-0.1, -0.05) is 42.0 Å². The normalized spacial score (nSPS) is 13.2. The first-order chi connectivity index (χ1) is 9.36. The lowest BCUT2D eigenvalue weighted by atomic mass is 9.97. The highest BCUT2D eigenvalue weighted by atomic mass is 19.4. The van der Waals surface area contributed by atoms with E-state index in [0.717, 1.165) is 23.3 Å². The van der Waals surface area contributed by atoms with E-state index in [1.807, 2.05) is 31.2 Å². The van der Waals surface area contributed by atoms with Crippen LogP contribution in [-0.4, -0.2) is 0 Å². The summed E-state index contributed by atoms with van der Waals surface area (Å²) in [7, 11) is 0. The predicted molar refractivity (Wildman–Crippen MR) is 73.3 cm³/mol. The molecule has 0 fully saturated rings. The second kappa shape index (κ2) is 5.67. The smallest absolute Gasteiger partial charge is 0.324 e. The van der Waals surface area contributed by atoms with Crippen LogP contribution in [0.15, 0.2) is 48.5 Å². The van der Waals surface area contributed by atoms with Crippen molar-refractivity contribution in [2.45, 2.75) is 25.6 Å². The van der Waals surface area contributed by atoms with Gasteiger partial charge in [0.1, 0.15) is 0 Å². The van der Waals surface area contributed by atoms with Crippen molar-refractivity contribution in [1.29, 1.82) is 0 Å². The zero-order valence-electron chi connectivity index (χ0n) is 11.1. The van der Waals surface area contributed by atoms with Crippen molar-refractivity contribution >= 4 is 0 Å². The van der Waals surface area contributed by atoms with Gasteiger partial charge in [-0.2, -0.15) is 13.2 Å². The lowest BCUT2D eigenvalue weighted by molar-refractivity contribution is -0.137. The lowest BCUT2D eigenvalue weighted by Gasteiger charge is -2.15. The Hall–Kier alpha value is -1.81. The van der Waals surface area contributed by atoms with Gasteiger partial charge in [0.15, 0.2) is 0 Å². The molecule has 0 aliphatic carbocycles. The molecule has 0 amide bonds. The molecule has 20 heavy (non-hydrogen) atoms. The highest BCUT2D eigenvalue weighted by Gasteiger charge is 2.30. The molecule has 0 saturated carbocycles. The van der Waals surface area contributed by atoms with Crippen molar-refractivity contribution in [3.05, 3.63) is 70.8 Å². The average Bonchev–Trinajstić information content (AvgIpc) is 2.38. The van der Waals surface area contributed by atoms with Crippen molar-refractivity contribution in [2.24, 2.45) is 5.73 Å². The quantitative estimate of drug-likeness (QED) is 0.892. The first kappa shape index (κ1) is 14.6. The van der Waals surface area contributed by atoms with E-state index in [4.69, 9.17) is 5.73 Å². The zero-order chi connectivity index (χ0) is 14.8. The summed E-state index contributed by atoms with van der Waals surface area (Å²) in [6, 6.07) is 12.6. The Labute approximate surface area is 116 Å². The molecule has 0 saturated heterocycles. The van der Waals surface area contributed by atoms with E-state index in [1.165, 1.54) is 6.07 Å². The first-order valence-electron chi connectivity index (χ1n) is 6.34. The summed E-state index contributed by atoms with van der Waals surface area (Å²) in [5.74, 6) is 0. The average molecular weight is 279 g/mol. The Kier molecular flexibility index (Phi) is 4.14. The van der Waals surface area contributed by atoms with Crippen molar-refractivity contribution in [1.82, 2.24) is 0 Å². The maximum atomic E-state index is 12.7. The van der Waals surface area contributed by atoms with Gasteiger partial charge in [-0.15, -0.1) is 0 Å². The maximum absolute atomic E-state index is 12.7.